The summed E-state index contributed by atoms with van der Waals surface area (Å²) in [7, 11) is 1.72. The van der Waals surface area contributed by atoms with E-state index in [1.54, 1.807) is 7.11 Å². The number of ether oxygens (including phenoxy) is 1. The summed E-state index contributed by atoms with van der Waals surface area (Å²) in [5.74, 6) is 2.82. The van der Waals surface area contributed by atoms with Gasteiger partial charge in [-0.3, -0.25) is 4.79 Å². The zero-order valence-corrected chi connectivity index (χ0v) is 15.2. The molecule has 3 fully saturated rings. The molecule has 2 N–H and O–H groups in total. The fourth-order valence-corrected chi connectivity index (χ4v) is 5.04. The normalized spacial score (nSPS) is 29.0. The largest absolute Gasteiger partial charge is 0.495 e. The Morgan fingerprint density at radius 1 is 1.24 bits per heavy atom. The Morgan fingerprint density at radius 2 is 2.04 bits per heavy atom. The lowest BCUT2D eigenvalue weighted by Crippen LogP contribution is -3.16. The lowest BCUT2D eigenvalue weighted by molar-refractivity contribution is -0.892. The third kappa shape index (κ3) is 3.61. The number of amides is 1. The fourth-order valence-electron chi connectivity index (χ4n) is 5.04. The highest BCUT2D eigenvalue weighted by Gasteiger charge is 2.40. The number of nitrogens with one attached hydrogen (secondary N) is 2. The maximum Gasteiger partial charge on any atom is 0.275 e. The van der Waals surface area contributed by atoms with E-state index in [4.69, 9.17) is 4.74 Å². The average molecular weight is 344 g/mol. The number of hydrogen-bond donors (Lipinski definition) is 2. The first-order chi connectivity index (χ1) is 12.2. The molecule has 1 aromatic carbocycles. The summed E-state index contributed by atoms with van der Waals surface area (Å²) < 4.78 is 5.48. The number of quaternary nitrogens is 1. The Morgan fingerprint density at radius 3 is 2.72 bits per heavy atom. The first-order valence-electron chi connectivity index (χ1n) is 9.74. The van der Waals surface area contributed by atoms with Crippen molar-refractivity contribution in [1.82, 2.24) is 5.32 Å². The van der Waals surface area contributed by atoms with Crippen molar-refractivity contribution >= 4 is 11.6 Å². The second-order valence-electron chi connectivity index (χ2n) is 7.93. The van der Waals surface area contributed by atoms with Gasteiger partial charge in [0.1, 0.15) is 5.75 Å². The molecule has 136 valence electrons. The number of benzene rings is 1. The van der Waals surface area contributed by atoms with E-state index >= 15 is 0 Å². The Labute approximate surface area is 150 Å². The monoisotopic (exact) mass is 344 g/mol. The number of piperazine rings is 1. The molecule has 2 saturated carbocycles. The van der Waals surface area contributed by atoms with Gasteiger partial charge in [-0.05, 0) is 43.2 Å². The lowest BCUT2D eigenvalue weighted by Gasteiger charge is -2.34. The van der Waals surface area contributed by atoms with Crippen molar-refractivity contribution in [1.29, 1.82) is 0 Å². The quantitative estimate of drug-likeness (QED) is 0.827. The van der Waals surface area contributed by atoms with E-state index < -0.39 is 0 Å². The van der Waals surface area contributed by atoms with Gasteiger partial charge < -0.3 is 19.9 Å². The lowest BCUT2D eigenvalue weighted by atomic mass is 9.95. The second-order valence-corrected chi connectivity index (χ2v) is 7.93. The van der Waals surface area contributed by atoms with Crippen molar-refractivity contribution in [3.63, 3.8) is 0 Å². The molecule has 0 aromatic heterocycles. The van der Waals surface area contributed by atoms with Crippen LogP contribution in [0.3, 0.4) is 0 Å². The number of anilines is 1. The predicted octanol–water partition coefficient (Wildman–Crippen LogP) is 0.705. The highest BCUT2D eigenvalue weighted by atomic mass is 16.5. The minimum Gasteiger partial charge on any atom is -0.495 e. The van der Waals surface area contributed by atoms with Gasteiger partial charge >= 0.3 is 0 Å². The number of carbonyl (C=O) groups excluding carboxylic acids is 1. The van der Waals surface area contributed by atoms with Gasteiger partial charge in [-0.2, -0.15) is 0 Å². The highest BCUT2D eigenvalue weighted by Crippen LogP contribution is 2.44. The SMILES string of the molecule is COc1ccccc1N1CC[NH+](CC(=O)N[C@H]2C[C@H]3CC[C@@H]2C3)CC1. The van der Waals surface area contributed by atoms with E-state index in [9.17, 15) is 4.79 Å². The van der Waals surface area contributed by atoms with E-state index in [-0.39, 0.29) is 5.91 Å². The van der Waals surface area contributed by atoms with Gasteiger partial charge in [0.05, 0.1) is 39.0 Å². The van der Waals surface area contributed by atoms with Gasteiger partial charge in [0, 0.05) is 6.04 Å². The minimum atomic E-state index is 0.248. The standard InChI is InChI=1S/C20H29N3O2/c1-25-19-5-3-2-4-18(19)23-10-8-22(9-11-23)14-20(24)21-17-13-15-6-7-16(17)12-15/h2-5,15-17H,6-14H2,1H3,(H,21,24)/p+1/t15-,16+,17-/m0/s1. The first kappa shape index (κ1) is 16.7. The number of carbonyl (C=O) groups is 1. The fraction of sp³-hybridized carbons (Fsp3) is 0.650. The maximum absolute atomic E-state index is 12.4. The van der Waals surface area contributed by atoms with E-state index in [1.165, 1.54) is 30.6 Å². The topological polar surface area (TPSA) is 46.0 Å². The number of hydrogen-bond acceptors (Lipinski definition) is 3. The number of fused-ring (bicyclic) bond motifs is 2. The van der Waals surface area contributed by atoms with Crippen LogP contribution in [0.2, 0.25) is 0 Å². The third-order valence-corrected chi connectivity index (χ3v) is 6.39. The van der Waals surface area contributed by atoms with Crippen LogP contribution in [0.4, 0.5) is 5.69 Å². The molecule has 25 heavy (non-hydrogen) atoms. The zero-order chi connectivity index (χ0) is 17.2. The summed E-state index contributed by atoms with van der Waals surface area (Å²) in [5, 5.41) is 3.33. The first-order valence-corrected chi connectivity index (χ1v) is 9.74. The molecule has 1 amide bonds. The number of methoxy groups -OCH3 is 1. The van der Waals surface area contributed by atoms with E-state index in [0.29, 0.717) is 12.6 Å². The number of para-hydroxylation sites is 2. The average Bonchev–Trinajstić information content (AvgIpc) is 3.25. The van der Waals surface area contributed by atoms with E-state index in [1.807, 2.05) is 12.1 Å². The van der Waals surface area contributed by atoms with Gasteiger partial charge in [-0.15, -0.1) is 0 Å². The van der Waals surface area contributed by atoms with Crippen molar-refractivity contribution in [3.05, 3.63) is 24.3 Å². The van der Waals surface area contributed by atoms with Crippen LogP contribution in [0.5, 0.6) is 5.75 Å². The van der Waals surface area contributed by atoms with Crippen molar-refractivity contribution < 1.29 is 14.4 Å². The molecule has 3 aliphatic rings. The summed E-state index contributed by atoms with van der Waals surface area (Å²) >= 11 is 0. The Kier molecular flexibility index (Phi) is 4.84. The molecule has 5 heteroatoms. The number of nitrogens with zero attached hydrogens (tertiary/aromatic N) is 1. The molecule has 5 nitrogen and oxygen atoms in total. The van der Waals surface area contributed by atoms with Crippen LogP contribution in [0.25, 0.3) is 0 Å². The Bertz CT molecular complexity index is 613. The van der Waals surface area contributed by atoms with Crippen molar-refractivity contribution in [2.24, 2.45) is 11.8 Å². The van der Waals surface area contributed by atoms with E-state index in [2.05, 4.69) is 22.3 Å². The molecule has 3 atom stereocenters. The summed E-state index contributed by atoms with van der Waals surface area (Å²) in [6.07, 6.45) is 5.26. The molecule has 1 heterocycles. The zero-order valence-electron chi connectivity index (χ0n) is 15.2. The van der Waals surface area contributed by atoms with Gasteiger partial charge in [0.2, 0.25) is 0 Å². The summed E-state index contributed by atoms with van der Waals surface area (Å²) in [4.78, 5) is 16.2. The molecule has 1 aliphatic heterocycles. The predicted molar refractivity (Wildman–Crippen MR) is 98.1 cm³/mol. The van der Waals surface area contributed by atoms with Crippen LogP contribution < -0.4 is 19.9 Å². The maximum atomic E-state index is 12.4. The second kappa shape index (κ2) is 7.24. The van der Waals surface area contributed by atoms with Crippen LogP contribution in [-0.4, -0.2) is 51.8 Å². The molecule has 4 rings (SSSR count). The Balaban J connectivity index is 1.25. The molecule has 0 radical (unpaired) electrons. The van der Waals surface area contributed by atoms with Crippen LogP contribution in [0.15, 0.2) is 24.3 Å². The van der Waals surface area contributed by atoms with Gasteiger partial charge in [-0.25, -0.2) is 0 Å². The van der Waals surface area contributed by atoms with Crippen LogP contribution >= 0.6 is 0 Å². The van der Waals surface area contributed by atoms with Crippen LogP contribution in [0, 0.1) is 11.8 Å². The highest BCUT2D eigenvalue weighted by molar-refractivity contribution is 5.77. The van der Waals surface area contributed by atoms with Crippen LogP contribution in [-0.2, 0) is 4.79 Å². The Hall–Kier alpha value is -1.75. The molecular weight excluding hydrogens is 314 g/mol. The molecule has 1 saturated heterocycles. The molecule has 0 unspecified atom stereocenters. The molecule has 1 aromatic rings. The summed E-state index contributed by atoms with van der Waals surface area (Å²) in [6.45, 7) is 4.56. The molecular formula is C20H30N3O2+. The van der Waals surface area contributed by atoms with Crippen molar-refractivity contribution in [2.75, 3.05) is 44.7 Å². The van der Waals surface area contributed by atoms with Crippen molar-refractivity contribution in [2.45, 2.75) is 31.7 Å². The summed E-state index contributed by atoms with van der Waals surface area (Å²) in [5.41, 5.74) is 1.16. The van der Waals surface area contributed by atoms with Gasteiger partial charge in [0.25, 0.3) is 5.91 Å². The molecule has 2 bridgehead atoms. The molecule has 0 spiro atoms. The number of rotatable bonds is 5. The smallest absolute Gasteiger partial charge is 0.275 e. The van der Waals surface area contributed by atoms with E-state index in [0.717, 1.165) is 49.5 Å². The van der Waals surface area contributed by atoms with Crippen LogP contribution in [0.1, 0.15) is 25.7 Å². The van der Waals surface area contributed by atoms with Gasteiger partial charge in [-0.1, -0.05) is 18.6 Å². The van der Waals surface area contributed by atoms with Crippen molar-refractivity contribution in [3.8, 4) is 5.75 Å². The van der Waals surface area contributed by atoms with Gasteiger partial charge in [0.15, 0.2) is 6.54 Å². The third-order valence-electron chi connectivity index (χ3n) is 6.39. The minimum absolute atomic E-state index is 0.248. The summed E-state index contributed by atoms with van der Waals surface area (Å²) in [6, 6.07) is 8.65. The molecule has 2 aliphatic carbocycles.